The predicted octanol–water partition coefficient (Wildman–Crippen LogP) is 3.06. The Labute approximate surface area is 215 Å². The number of esters is 1. The van der Waals surface area contributed by atoms with Crippen LogP contribution in [0, 0.1) is 5.92 Å². The number of ketones is 1. The number of fused-ring (bicyclic) bond motifs is 1. The molecule has 0 spiro atoms. The highest BCUT2D eigenvalue weighted by Crippen LogP contribution is 2.27. The van der Waals surface area contributed by atoms with E-state index in [1.54, 1.807) is 69.7 Å². The van der Waals surface area contributed by atoms with Gasteiger partial charge in [0.2, 0.25) is 0 Å². The second kappa shape index (κ2) is 11.1. The number of methoxy groups -OCH3 is 2. The molecular formula is C26H29N3O7S. The number of aryl methyl sites for hydroxylation is 1. The minimum atomic E-state index is -4.12. The predicted molar refractivity (Wildman–Crippen MR) is 134 cm³/mol. The van der Waals surface area contributed by atoms with Crippen LogP contribution in [0.1, 0.15) is 35.0 Å². The first-order valence-electron chi connectivity index (χ1n) is 11.8. The van der Waals surface area contributed by atoms with Gasteiger partial charge in [0.15, 0.2) is 10.8 Å². The lowest BCUT2D eigenvalue weighted by atomic mass is 9.95. The van der Waals surface area contributed by atoms with Crippen LogP contribution in [0.25, 0.3) is 0 Å². The van der Waals surface area contributed by atoms with E-state index in [0.29, 0.717) is 11.5 Å². The quantitative estimate of drug-likeness (QED) is 0.292. The van der Waals surface area contributed by atoms with E-state index in [0.717, 1.165) is 11.1 Å². The highest BCUT2D eigenvalue weighted by atomic mass is 32.2. The van der Waals surface area contributed by atoms with E-state index >= 15 is 0 Å². The average Bonchev–Trinajstić information content (AvgIpc) is 3.36. The molecule has 1 aliphatic rings. The molecule has 0 bridgehead atoms. The molecule has 0 saturated heterocycles. The number of nitrogens with zero attached hydrogens (tertiary/aromatic N) is 3. The number of benzene rings is 2. The molecule has 2 aromatic carbocycles. The number of hydrogen-bond acceptors (Lipinski definition) is 8. The minimum Gasteiger partial charge on any atom is -0.497 e. The maximum atomic E-state index is 13.8. The first kappa shape index (κ1) is 26.4. The number of hydrogen-bond donors (Lipinski definition) is 0. The zero-order valence-corrected chi connectivity index (χ0v) is 21.7. The third-order valence-electron chi connectivity index (χ3n) is 6.17. The Balaban J connectivity index is 1.66. The van der Waals surface area contributed by atoms with Gasteiger partial charge in [-0.15, -0.1) is 0 Å². The van der Waals surface area contributed by atoms with Crippen molar-refractivity contribution in [2.24, 2.45) is 5.92 Å². The number of carbonyl (C=O) groups is 2. The second-order valence-electron chi connectivity index (χ2n) is 8.52. The molecule has 10 nitrogen and oxygen atoms in total. The van der Waals surface area contributed by atoms with Gasteiger partial charge in [-0.3, -0.25) is 14.3 Å². The summed E-state index contributed by atoms with van der Waals surface area (Å²) in [6.07, 6.45) is 0.202. The van der Waals surface area contributed by atoms with E-state index in [-0.39, 0.29) is 43.4 Å². The maximum Gasteiger partial charge on any atom is 0.316 e. The molecule has 0 amide bonds. The highest BCUT2D eigenvalue weighted by Gasteiger charge is 2.38. The SMILES string of the molecule is CCOC(=O)C1CCn2nc(S(=O)(=O)N(Cc3ccc(OC)cc3)Cc3ccc(OC)cc3)cc2C1=O. The second-order valence-corrected chi connectivity index (χ2v) is 10.4. The summed E-state index contributed by atoms with van der Waals surface area (Å²) in [6, 6.07) is 15.5. The molecule has 1 unspecified atom stereocenters. The molecule has 0 fully saturated rings. The maximum absolute atomic E-state index is 13.8. The van der Waals surface area contributed by atoms with Crippen molar-refractivity contribution in [3.05, 3.63) is 71.4 Å². The van der Waals surface area contributed by atoms with Crippen molar-refractivity contribution in [1.29, 1.82) is 0 Å². The lowest BCUT2D eigenvalue weighted by Crippen LogP contribution is -2.33. The van der Waals surface area contributed by atoms with Crippen molar-refractivity contribution in [3.63, 3.8) is 0 Å². The summed E-state index contributed by atoms with van der Waals surface area (Å²) in [4.78, 5) is 25.2. The van der Waals surface area contributed by atoms with Gasteiger partial charge in [0.1, 0.15) is 23.1 Å². The van der Waals surface area contributed by atoms with Gasteiger partial charge in [-0.25, -0.2) is 8.42 Å². The van der Waals surface area contributed by atoms with Crippen molar-refractivity contribution >= 4 is 21.8 Å². The van der Waals surface area contributed by atoms with Crippen LogP contribution in [0.3, 0.4) is 0 Å². The first-order valence-corrected chi connectivity index (χ1v) is 13.3. The van der Waals surface area contributed by atoms with Crippen molar-refractivity contribution in [3.8, 4) is 11.5 Å². The number of aromatic nitrogens is 2. The fraction of sp³-hybridized carbons (Fsp3) is 0.346. The molecule has 1 aromatic heterocycles. The highest BCUT2D eigenvalue weighted by molar-refractivity contribution is 7.89. The molecule has 0 radical (unpaired) electrons. The van der Waals surface area contributed by atoms with Crippen molar-refractivity contribution in [1.82, 2.24) is 14.1 Å². The van der Waals surface area contributed by atoms with Crippen LogP contribution >= 0.6 is 0 Å². The first-order chi connectivity index (χ1) is 17.8. The fourth-order valence-electron chi connectivity index (χ4n) is 4.14. The standard InChI is InChI=1S/C26H29N3O7S/c1-4-36-26(31)22-13-14-29-23(25(22)30)15-24(27-29)37(32,33)28(16-18-5-9-20(34-2)10-6-18)17-19-7-11-21(35-3)12-8-19/h5-12,15,22H,4,13-14,16-17H2,1-3H3. The third kappa shape index (κ3) is 5.67. The molecule has 196 valence electrons. The summed E-state index contributed by atoms with van der Waals surface area (Å²) >= 11 is 0. The number of ether oxygens (including phenoxy) is 3. The molecular weight excluding hydrogens is 498 g/mol. The number of rotatable bonds is 10. The van der Waals surface area contributed by atoms with E-state index in [2.05, 4.69) is 5.10 Å². The van der Waals surface area contributed by atoms with Crippen molar-refractivity contribution < 1.29 is 32.2 Å². The van der Waals surface area contributed by atoms with Gasteiger partial charge in [0, 0.05) is 25.7 Å². The van der Waals surface area contributed by atoms with Crippen molar-refractivity contribution in [2.45, 2.75) is 38.0 Å². The lowest BCUT2D eigenvalue weighted by Gasteiger charge is -2.21. The van der Waals surface area contributed by atoms with Crippen LogP contribution in [-0.2, 0) is 39.2 Å². The van der Waals surface area contributed by atoms with E-state index in [1.165, 1.54) is 15.1 Å². The van der Waals surface area contributed by atoms with Crippen molar-refractivity contribution in [2.75, 3.05) is 20.8 Å². The van der Waals surface area contributed by atoms with Gasteiger partial charge in [-0.1, -0.05) is 24.3 Å². The molecule has 0 N–H and O–H groups in total. The summed E-state index contributed by atoms with van der Waals surface area (Å²) in [7, 11) is -1.01. The van der Waals surface area contributed by atoms with Crippen LogP contribution in [0.4, 0.5) is 0 Å². The van der Waals surface area contributed by atoms with Crippen LogP contribution in [-0.4, -0.2) is 55.1 Å². The lowest BCUT2D eigenvalue weighted by molar-refractivity contribution is -0.146. The Hall–Kier alpha value is -3.70. The molecule has 11 heteroatoms. The Kier molecular flexibility index (Phi) is 7.94. The Bertz CT molecular complexity index is 1320. The third-order valence-corrected chi connectivity index (χ3v) is 7.83. The Morgan fingerprint density at radius 1 is 1.00 bits per heavy atom. The van der Waals surface area contributed by atoms with Gasteiger partial charge in [0.05, 0.1) is 20.8 Å². The molecule has 3 aromatic rings. The fourth-order valence-corrected chi connectivity index (χ4v) is 5.51. The Morgan fingerprint density at radius 2 is 1.54 bits per heavy atom. The van der Waals surface area contributed by atoms with E-state index in [4.69, 9.17) is 14.2 Å². The topological polar surface area (TPSA) is 117 Å². The zero-order chi connectivity index (χ0) is 26.6. The molecule has 37 heavy (non-hydrogen) atoms. The van der Waals surface area contributed by atoms with Gasteiger partial charge in [0.25, 0.3) is 10.0 Å². The van der Waals surface area contributed by atoms with E-state index in [1.807, 2.05) is 0 Å². The van der Waals surface area contributed by atoms with Gasteiger partial charge < -0.3 is 14.2 Å². The molecule has 1 atom stereocenters. The normalized spacial score (nSPS) is 15.4. The number of carbonyl (C=O) groups excluding carboxylic acids is 2. The summed E-state index contributed by atoms with van der Waals surface area (Å²) < 4.78 is 45.7. The Morgan fingerprint density at radius 3 is 2.03 bits per heavy atom. The zero-order valence-electron chi connectivity index (χ0n) is 20.9. The molecule has 2 heterocycles. The summed E-state index contributed by atoms with van der Waals surface area (Å²) in [5.74, 6) is -0.746. The monoisotopic (exact) mass is 527 g/mol. The largest absolute Gasteiger partial charge is 0.497 e. The van der Waals surface area contributed by atoms with E-state index in [9.17, 15) is 18.0 Å². The molecule has 4 rings (SSSR count). The number of sulfonamides is 1. The van der Waals surface area contributed by atoms with Gasteiger partial charge >= 0.3 is 5.97 Å². The van der Waals surface area contributed by atoms with Gasteiger partial charge in [-0.2, -0.15) is 9.40 Å². The molecule has 1 aliphatic heterocycles. The minimum absolute atomic E-state index is 0.0694. The summed E-state index contributed by atoms with van der Waals surface area (Å²) in [5, 5.41) is 4.00. The van der Waals surface area contributed by atoms with Crippen LogP contribution < -0.4 is 9.47 Å². The van der Waals surface area contributed by atoms with Crippen LogP contribution in [0.5, 0.6) is 11.5 Å². The van der Waals surface area contributed by atoms with Gasteiger partial charge in [-0.05, 0) is 48.7 Å². The average molecular weight is 528 g/mol. The molecule has 0 saturated carbocycles. The summed E-state index contributed by atoms with van der Waals surface area (Å²) in [5.41, 5.74) is 1.58. The smallest absolute Gasteiger partial charge is 0.316 e. The summed E-state index contributed by atoms with van der Waals surface area (Å²) in [6.45, 7) is 2.20. The molecule has 0 aliphatic carbocycles. The van der Waals surface area contributed by atoms with E-state index < -0.39 is 27.7 Å². The number of Topliss-reactive ketones (excluding diaryl/α,β-unsaturated/α-hetero) is 1. The van der Waals surface area contributed by atoms with Crippen LogP contribution in [0.15, 0.2) is 59.6 Å². The van der Waals surface area contributed by atoms with Crippen LogP contribution in [0.2, 0.25) is 0 Å².